The maximum absolute atomic E-state index is 12.1. The summed E-state index contributed by atoms with van der Waals surface area (Å²) in [6, 6.07) is -0.605. The molecule has 1 unspecified atom stereocenters. The lowest BCUT2D eigenvalue weighted by Gasteiger charge is -2.18. The van der Waals surface area contributed by atoms with Crippen LogP contribution in [-0.4, -0.2) is 37.4 Å². The molecule has 0 aromatic carbocycles. The Morgan fingerprint density at radius 1 is 0.889 bits per heavy atom. The highest BCUT2D eigenvalue weighted by Crippen LogP contribution is 2.10. The number of carbonyl (C=O) groups excluding carboxylic acids is 2. The molecule has 0 saturated carbocycles. The summed E-state index contributed by atoms with van der Waals surface area (Å²) in [6.07, 6.45) is 11.9. The Balaban J connectivity index is 3.94. The minimum absolute atomic E-state index is 0.0838. The Morgan fingerprint density at radius 2 is 1.48 bits per heavy atom. The molecule has 1 atom stereocenters. The zero-order chi connectivity index (χ0) is 20.3. The molecule has 0 heterocycles. The molecular formula is C20H42N4O3. The average molecular weight is 387 g/mol. The Kier molecular flexibility index (Phi) is 17.4. The molecule has 0 aromatic heterocycles. The monoisotopic (exact) mass is 386 g/mol. The highest BCUT2D eigenvalue weighted by Gasteiger charge is 2.21. The minimum atomic E-state index is -0.605. The number of hydrogen-bond acceptors (Lipinski definition) is 6. The van der Waals surface area contributed by atoms with Crippen molar-refractivity contribution in [3.8, 4) is 0 Å². The van der Waals surface area contributed by atoms with Gasteiger partial charge in [-0.2, -0.15) is 0 Å². The molecule has 1 amide bonds. The molecule has 0 rings (SSSR count). The molecule has 27 heavy (non-hydrogen) atoms. The van der Waals surface area contributed by atoms with Crippen molar-refractivity contribution in [3.63, 3.8) is 0 Å². The number of nitrogens with one attached hydrogen (secondary N) is 2. The maximum Gasteiger partial charge on any atom is 0.328 e. The van der Waals surface area contributed by atoms with Gasteiger partial charge in [-0.15, -0.1) is 0 Å². The third-order valence-electron chi connectivity index (χ3n) is 4.46. The van der Waals surface area contributed by atoms with Crippen molar-refractivity contribution >= 4 is 11.9 Å². The van der Waals surface area contributed by atoms with Crippen LogP contribution in [0.25, 0.3) is 0 Å². The lowest BCUT2D eigenvalue weighted by molar-refractivity contribution is -0.147. The van der Waals surface area contributed by atoms with Crippen molar-refractivity contribution in [1.82, 2.24) is 10.6 Å². The predicted molar refractivity (Wildman–Crippen MR) is 110 cm³/mol. The van der Waals surface area contributed by atoms with Crippen LogP contribution in [0.4, 0.5) is 0 Å². The number of esters is 1. The standard InChI is InChI=1S/C20H42N4O3/c1-3-5-6-7-8-9-10-11-12-15-18(25)24-17(19(26)27-4-2)14-13-16-23-20(21)22/h17,20,23H,3-16,21-22H2,1-2H3,(H,24,25). The van der Waals surface area contributed by atoms with Gasteiger partial charge in [0.05, 0.1) is 6.61 Å². The number of amides is 1. The van der Waals surface area contributed by atoms with Crippen LogP contribution in [0.5, 0.6) is 0 Å². The van der Waals surface area contributed by atoms with E-state index in [2.05, 4.69) is 17.6 Å². The predicted octanol–water partition coefficient (Wildman–Crippen LogP) is 2.53. The third kappa shape index (κ3) is 16.7. The van der Waals surface area contributed by atoms with Crippen molar-refractivity contribution in [2.24, 2.45) is 11.5 Å². The molecule has 0 bridgehead atoms. The fraction of sp³-hybridized carbons (Fsp3) is 0.900. The molecule has 0 spiro atoms. The van der Waals surface area contributed by atoms with Crippen LogP contribution in [0.15, 0.2) is 0 Å². The fourth-order valence-electron chi connectivity index (χ4n) is 2.93. The smallest absolute Gasteiger partial charge is 0.328 e. The van der Waals surface area contributed by atoms with Gasteiger partial charge in [0.1, 0.15) is 12.3 Å². The topological polar surface area (TPSA) is 119 Å². The van der Waals surface area contributed by atoms with Crippen LogP contribution < -0.4 is 22.1 Å². The molecule has 0 aliphatic carbocycles. The third-order valence-corrected chi connectivity index (χ3v) is 4.46. The van der Waals surface area contributed by atoms with Gasteiger partial charge in [-0.1, -0.05) is 58.3 Å². The van der Waals surface area contributed by atoms with Gasteiger partial charge in [-0.3, -0.25) is 10.1 Å². The second-order valence-corrected chi connectivity index (χ2v) is 7.07. The molecule has 0 aromatic rings. The normalized spacial score (nSPS) is 12.2. The Hall–Kier alpha value is -1.18. The first-order valence-electron chi connectivity index (χ1n) is 10.7. The molecule has 0 radical (unpaired) electrons. The van der Waals surface area contributed by atoms with Gasteiger partial charge in [0.25, 0.3) is 0 Å². The highest BCUT2D eigenvalue weighted by atomic mass is 16.5. The molecule has 6 N–H and O–H groups in total. The quantitative estimate of drug-likeness (QED) is 0.163. The summed E-state index contributed by atoms with van der Waals surface area (Å²) < 4.78 is 5.06. The summed E-state index contributed by atoms with van der Waals surface area (Å²) in [5.41, 5.74) is 10.8. The number of ether oxygens (including phenoxy) is 1. The molecule has 7 heteroatoms. The second-order valence-electron chi connectivity index (χ2n) is 7.07. The highest BCUT2D eigenvalue weighted by molar-refractivity contribution is 5.84. The Bertz CT molecular complexity index is 378. The zero-order valence-corrected chi connectivity index (χ0v) is 17.4. The molecule has 0 aliphatic rings. The van der Waals surface area contributed by atoms with Crippen molar-refractivity contribution < 1.29 is 14.3 Å². The van der Waals surface area contributed by atoms with Crippen LogP contribution in [0.1, 0.15) is 90.9 Å². The van der Waals surface area contributed by atoms with E-state index in [0.29, 0.717) is 32.4 Å². The maximum atomic E-state index is 12.1. The van der Waals surface area contributed by atoms with Gasteiger partial charge in [0, 0.05) is 6.42 Å². The van der Waals surface area contributed by atoms with Crippen LogP contribution in [0.2, 0.25) is 0 Å². The van der Waals surface area contributed by atoms with Crippen molar-refractivity contribution in [2.75, 3.05) is 13.2 Å². The summed E-state index contributed by atoms with van der Waals surface area (Å²) in [6.45, 7) is 4.87. The number of nitrogens with two attached hydrogens (primary N) is 2. The van der Waals surface area contributed by atoms with Crippen LogP contribution in [0.3, 0.4) is 0 Å². The lowest BCUT2D eigenvalue weighted by Crippen LogP contribution is -2.46. The van der Waals surface area contributed by atoms with E-state index in [9.17, 15) is 9.59 Å². The second kappa shape index (κ2) is 18.2. The van der Waals surface area contributed by atoms with Gasteiger partial charge in [0.2, 0.25) is 5.91 Å². The minimum Gasteiger partial charge on any atom is -0.464 e. The number of hydrogen-bond donors (Lipinski definition) is 4. The first-order chi connectivity index (χ1) is 13.0. The van der Waals surface area contributed by atoms with E-state index in [1.165, 1.54) is 44.9 Å². The largest absolute Gasteiger partial charge is 0.464 e. The van der Waals surface area contributed by atoms with E-state index >= 15 is 0 Å². The Morgan fingerprint density at radius 3 is 2.04 bits per heavy atom. The fourth-order valence-corrected chi connectivity index (χ4v) is 2.93. The molecular weight excluding hydrogens is 344 g/mol. The van der Waals surface area contributed by atoms with Crippen molar-refractivity contribution in [3.05, 3.63) is 0 Å². The first kappa shape index (κ1) is 25.8. The van der Waals surface area contributed by atoms with Gasteiger partial charge in [0.15, 0.2) is 0 Å². The van der Waals surface area contributed by atoms with Crippen LogP contribution >= 0.6 is 0 Å². The van der Waals surface area contributed by atoms with Crippen LogP contribution in [-0.2, 0) is 14.3 Å². The zero-order valence-electron chi connectivity index (χ0n) is 17.4. The molecule has 160 valence electrons. The number of rotatable bonds is 18. The summed E-state index contributed by atoms with van der Waals surface area (Å²) >= 11 is 0. The summed E-state index contributed by atoms with van der Waals surface area (Å²) in [4.78, 5) is 24.2. The van der Waals surface area contributed by atoms with E-state index in [-0.39, 0.29) is 11.9 Å². The molecule has 7 nitrogen and oxygen atoms in total. The SMILES string of the molecule is CCCCCCCCCCCC(=O)NC(CCCNC(N)N)C(=O)OCC. The average Bonchev–Trinajstić information content (AvgIpc) is 2.62. The van der Waals surface area contributed by atoms with Crippen LogP contribution in [0, 0.1) is 0 Å². The van der Waals surface area contributed by atoms with Crippen molar-refractivity contribution in [2.45, 2.75) is 103 Å². The Labute approximate surface area is 165 Å². The van der Waals surface area contributed by atoms with Gasteiger partial charge >= 0.3 is 5.97 Å². The first-order valence-corrected chi connectivity index (χ1v) is 10.7. The van der Waals surface area contributed by atoms with Gasteiger partial charge < -0.3 is 21.5 Å². The molecule has 0 fully saturated rings. The number of unbranched alkanes of at least 4 members (excludes halogenated alkanes) is 8. The van der Waals surface area contributed by atoms with Crippen molar-refractivity contribution in [1.29, 1.82) is 0 Å². The molecule has 0 saturated heterocycles. The van der Waals surface area contributed by atoms with E-state index in [1.807, 2.05) is 0 Å². The molecule has 0 aliphatic heterocycles. The summed E-state index contributed by atoms with van der Waals surface area (Å²) in [7, 11) is 0. The van der Waals surface area contributed by atoms with Gasteiger partial charge in [-0.25, -0.2) is 4.79 Å². The lowest BCUT2D eigenvalue weighted by atomic mass is 10.1. The summed E-state index contributed by atoms with van der Waals surface area (Å²) in [5, 5.41) is 5.70. The van der Waals surface area contributed by atoms with Gasteiger partial charge in [-0.05, 0) is 32.7 Å². The number of carbonyl (C=O) groups is 2. The van der Waals surface area contributed by atoms with E-state index in [0.717, 1.165) is 12.8 Å². The van der Waals surface area contributed by atoms with E-state index < -0.39 is 12.3 Å². The van der Waals surface area contributed by atoms with E-state index in [1.54, 1.807) is 6.92 Å². The van der Waals surface area contributed by atoms with E-state index in [4.69, 9.17) is 16.2 Å². The summed E-state index contributed by atoms with van der Waals surface area (Å²) in [5.74, 6) is -0.463.